The quantitative estimate of drug-likeness (QED) is 0.0197. The molecule has 1 aliphatic rings. The van der Waals surface area contributed by atoms with Gasteiger partial charge in [0.2, 0.25) is 5.91 Å². The van der Waals surface area contributed by atoms with E-state index < -0.39 is 49.5 Å². The summed E-state index contributed by atoms with van der Waals surface area (Å²) in [5.74, 6) is -0.288. The maximum atomic E-state index is 12.9. The number of rotatable bonds is 42. The first-order valence-corrected chi connectivity index (χ1v) is 25.4. The van der Waals surface area contributed by atoms with E-state index in [1.54, 1.807) is 6.08 Å². The van der Waals surface area contributed by atoms with Gasteiger partial charge in [0.15, 0.2) is 6.29 Å². The normalized spacial score (nSPS) is 20.4. The molecule has 0 bridgehead atoms. The number of carbonyl (C=O) groups is 2. The highest BCUT2D eigenvalue weighted by Gasteiger charge is 2.44. The maximum absolute atomic E-state index is 12.9. The van der Waals surface area contributed by atoms with Gasteiger partial charge in [0.1, 0.15) is 24.4 Å². The Morgan fingerprint density at radius 3 is 1.67 bits per heavy atom. The molecule has 0 aliphatic carbocycles. The first-order chi connectivity index (χ1) is 30.7. The SMILES string of the molecule is C/C=C/CC/C=C/CC/C=C/C(O)C(COC1OC(CO)C(O)C(O)C1O)NC(=O)CCCCCCC/C=C\CCCCOC(=O)CCCCCCCCCCCCCCCCC. The van der Waals surface area contributed by atoms with E-state index in [1.165, 1.54) is 83.5 Å². The van der Waals surface area contributed by atoms with E-state index in [0.29, 0.717) is 32.3 Å². The van der Waals surface area contributed by atoms with Gasteiger partial charge in [-0.25, -0.2) is 0 Å². The molecule has 1 heterocycles. The zero-order valence-corrected chi connectivity index (χ0v) is 39.8. The van der Waals surface area contributed by atoms with Crippen LogP contribution in [0.25, 0.3) is 0 Å². The van der Waals surface area contributed by atoms with Crippen molar-refractivity contribution in [3.05, 3.63) is 48.6 Å². The van der Waals surface area contributed by atoms with Crippen LogP contribution in [0.4, 0.5) is 0 Å². The number of hydrogen-bond donors (Lipinski definition) is 6. The van der Waals surface area contributed by atoms with Crippen LogP contribution in [0.15, 0.2) is 48.6 Å². The zero-order valence-electron chi connectivity index (χ0n) is 39.8. The second-order valence-corrected chi connectivity index (χ2v) is 17.5. The number of ether oxygens (including phenoxy) is 3. The molecule has 1 fully saturated rings. The van der Waals surface area contributed by atoms with Crippen molar-refractivity contribution in [1.29, 1.82) is 0 Å². The summed E-state index contributed by atoms with van der Waals surface area (Å²) in [4.78, 5) is 25.0. The predicted octanol–water partition coefficient (Wildman–Crippen LogP) is 10.2. The third-order valence-corrected chi connectivity index (χ3v) is 11.7. The average Bonchev–Trinajstić information content (AvgIpc) is 3.28. The third kappa shape index (κ3) is 32.9. The maximum Gasteiger partial charge on any atom is 0.305 e. The minimum Gasteiger partial charge on any atom is -0.466 e. The number of hydrogen-bond acceptors (Lipinski definition) is 10. The van der Waals surface area contributed by atoms with E-state index in [-0.39, 0.29) is 18.5 Å². The molecule has 366 valence electrons. The van der Waals surface area contributed by atoms with E-state index in [4.69, 9.17) is 14.2 Å². The lowest BCUT2D eigenvalue weighted by molar-refractivity contribution is -0.302. The van der Waals surface area contributed by atoms with Gasteiger partial charge < -0.3 is 45.1 Å². The van der Waals surface area contributed by atoms with Crippen LogP contribution in [-0.2, 0) is 23.8 Å². The second-order valence-electron chi connectivity index (χ2n) is 17.5. The highest BCUT2D eigenvalue weighted by Crippen LogP contribution is 2.22. The number of carbonyl (C=O) groups excluding carboxylic acids is 2. The van der Waals surface area contributed by atoms with E-state index >= 15 is 0 Å². The molecule has 0 spiro atoms. The van der Waals surface area contributed by atoms with Crippen LogP contribution < -0.4 is 5.32 Å². The summed E-state index contributed by atoms with van der Waals surface area (Å²) in [5, 5.41) is 54.0. The molecule has 7 unspecified atom stereocenters. The van der Waals surface area contributed by atoms with Gasteiger partial charge in [-0.15, -0.1) is 0 Å². The Bertz CT molecular complexity index is 1190. The molecule has 7 atom stereocenters. The first-order valence-electron chi connectivity index (χ1n) is 25.4. The van der Waals surface area contributed by atoms with Crippen LogP contribution in [0.2, 0.25) is 0 Å². The first kappa shape index (κ1) is 58.6. The van der Waals surface area contributed by atoms with Gasteiger partial charge in [-0.05, 0) is 77.6 Å². The van der Waals surface area contributed by atoms with Crippen molar-refractivity contribution < 1.29 is 49.3 Å². The number of allylic oxidation sites excluding steroid dienone is 7. The molecule has 1 aliphatic heterocycles. The fourth-order valence-electron chi connectivity index (χ4n) is 7.64. The van der Waals surface area contributed by atoms with Crippen molar-refractivity contribution in [1.82, 2.24) is 5.32 Å². The van der Waals surface area contributed by atoms with Crippen molar-refractivity contribution in [2.45, 2.75) is 249 Å². The summed E-state index contributed by atoms with van der Waals surface area (Å²) in [5.41, 5.74) is 0. The Morgan fingerprint density at radius 1 is 0.603 bits per heavy atom. The summed E-state index contributed by atoms with van der Waals surface area (Å²) in [6.07, 6.45) is 40.8. The molecule has 11 heteroatoms. The van der Waals surface area contributed by atoms with Crippen LogP contribution in [0.3, 0.4) is 0 Å². The Morgan fingerprint density at radius 2 is 1.10 bits per heavy atom. The number of aliphatic hydroxyl groups is 5. The molecule has 6 N–H and O–H groups in total. The van der Waals surface area contributed by atoms with Gasteiger partial charge in [-0.2, -0.15) is 0 Å². The van der Waals surface area contributed by atoms with Crippen LogP contribution >= 0.6 is 0 Å². The molecule has 1 rings (SSSR count). The Balaban J connectivity index is 2.16. The average molecular weight is 892 g/mol. The molecule has 0 aromatic heterocycles. The summed E-state index contributed by atoms with van der Waals surface area (Å²) in [6, 6.07) is -0.854. The van der Waals surface area contributed by atoms with Crippen molar-refractivity contribution in [2.24, 2.45) is 0 Å². The van der Waals surface area contributed by atoms with Gasteiger partial charge in [0.25, 0.3) is 0 Å². The molecule has 0 aromatic carbocycles. The van der Waals surface area contributed by atoms with Gasteiger partial charge in [-0.3, -0.25) is 9.59 Å². The zero-order chi connectivity index (χ0) is 46.0. The van der Waals surface area contributed by atoms with Gasteiger partial charge in [-0.1, -0.05) is 165 Å². The van der Waals surface area contributed by atoms with E-state index in [9.17, 15) is 35.1 Å². The van der Waals surface area contributed by atoms with Crippen LogP contribution in [0.1, 0.15) is 206 Å². The van der Waals surface area contributed by atoms with Crippen LogP contribution in [0, 0.1) is 0 Å². The standard InChI is InChI=1S/C52H93NO10/c1-3-5-7-9-11-13-14-15-16-17-20-24-28-32-36-40-48(57)61-41-37-33-29-25-21-18-19-23-27-31-35-39-47(56)53-44(45(55)38-34-30-26-22-12-10-8-6-4-2)43-62-52-51(60)50(59)49(58)46(42-54)63-52/h4,6,12,21-22,25,34,38,44-46,49-52,54-55,58-60H,3,5,7-11,13-20,23-24,26-33,35-37,39-43H2,1-2H3,(H,53,56)/b6-4+,22-12+,25-21-,38-34+. The number of amides is 1. The summed E-state index contributed by atoms with van der Waals surface area (Å²) in [7, 11) is 0. The lowest BCUT2D eigenvalue weighted by Gasteiger charge is -2.40. The van der Waals surface area contributed by atoms with Crippen LogP contribution in [-0.4, -0.2) is 100 Å². The summed E-state index contributed by atoms with van der Waals surface area (Å²) >= 11 is 0. The highest BCUT2D eigenvalue weighted by atomic mass is 16.7. The van der Waals surface area contributed by atoms with Gasteiger partial charge in [0, 0.05) is 12.8 Å². The van der Waals surface area contributed by atoms with E-state index in [2.05, 4.69) is 42.6 Å². The molecule has 11 nitrogen and oxygen atoms in total. The number of nitrogens with one attached hydrogen (secondary N) is 1. The molecule has 0 radical (unpaired) electrons. The topological polar surface area (TPSA) is 175 Å². The lowest BCUT2D eigenvalue weighted by atomic mass is 9.99. The number of unbranched alkanes of at least 4 members (excludes halogenated alkanes) is 23. The van der Waals surface area contributed by atoms with Gasteiger partial charge >= 0.3 is 5.97 Å². The molecular formula is C52H93NO10. The Hall–Kier alpha value is -2.38. The lowest BCUT2D eigenvalue weighted by Crippen LogP contribution is -2.60. The minimum atomic E-state index is -1.59. The van der Waals surface area contributed by atoms with Crippen LogP contribution in [0.5, 0.6) is 0 Å². The molecule has 0 saturated carbocycles. The monoisotopic (exact) mass is 892 g/mol. The fraction of sp³-hybridized carbons (Fsp3) is 0.808. The number of esters is 1. The van der Waals surface area contributed by atoms with Crippen molar-refractivity contribution in [2.75, 3.05) is 19.8 Å². The third-order valence-electron chi connectivity index (χ3n) is 11.7. The Kier molecular flexibility index (Phi) is 39.3. The van der Waals surface area contributed by atoms with Gasteiger partial charge in [0.05, 0.1) is 32.0 Å². The minimum absolute atomic E-state index is 0.0579. The second kappa shape index (κ2) is 42.3. The molecule has 0 aromatic rings. The Labute approximate surface area is 383 Å². The largest absolute Gasteiger partial charge is 0.466 e. The van der Waals surface area contributed by atoms with Crippen molar-refractivity contribution in [3.63, 3.8) is 0 Å². The summed E-state index contributed by atoms with van der Waals surface area (Å²) in [6.45, 7) is 3.96. The van der Waals surface area contributed by atoms with Crippen molar-refractivity contribution >= 4 is 11.9 Å². The highest BCUT2D eigenvalue weighted by molar-refractivity contribution is 5.76. The van der Waals surface area contributed by atoms with E-state index in [1.807, 2.05) is 19.1 Å². The molecular weight excluding hydrogens is 799 g/mol. The molecule has 63 heavy (non-hydrogen) atoms. The predicted molar refractivity (Wildman–Crippen MR) is 255 cm³/mol. The molecule has 1 saturated heterocycles. The van der Waals surface area contributed by atoms with Crippen molar-refractivity contribution in [3.8, 4) is 0 Å². The smallest absolute Gasteiger partial charge is 0.305 e. The van der Waals surface area contributed by atoms with E-state index in [0.717, 1.165) is 83.5 Å². The number of aliphatic hydroxyl groups excluding tert-OH is 5. The summed E-state index contributed by atoms with van der Waals surface area (Å²) < 4.78 is 16.6. The fourth-order valence-corrected chi connectivity index (χ4v) is 7.64. The molecule has 1 amide bonds.